The predicted molar refractivity (Wildman–Crippen MR) is 116 cm³/mol. The normalized spacial score (nSPS) is 18.5. The predicted octanol–water partition coefficient (Wildman–Crippen LogP) is 5.02. The van der Waals surface area contributed by atoms with Gasteiger partial charge in [-0.15, -0.1) is 0 Å². The van der Waals surface area contributed by atoms with Gasteiger partial charge in [-0.2, -0.15) is 0 Å². The van der Waals surface area contributed by atoms with Crippen LogP contribution in [0.3, 0.4) is 0 Å². The van der Waals surface area contributed by atoms with Crippen molar-refractivity contribution in [2.24, 2.45) is 0 Å². The molecule has 2 aromatic rings. The molecule has 0 bridgehead atoms. The van der Waals surface area contributed by atoms with E-state index in [1.165, 1.54) is 28.0 Å². The van der Waals surface area contributed by atoms with Crippen molar-refractivity contribution in [3.8, 4) is 23.0 Å². The van der Waals surface area contributed by atoms with E-state index in [1.54, 1.807) is 7.11 Å². The van der Waals surface area contributed by atoms with Crippen LogP contribution in [0.25, 0.3) is 11.8 Å². The summed E-state index contributed by atoms with van der Waals surface area (Å²) in [7, 11) is 1.70. The summed E-state index contributed by atoms with van der Waals surface area (Å²) < 4.78 is 23.0. The average Bonchev–Trinajstić information content (AvgIpc) is 3.20. The second-order valence-electron chi connectivity index (χ2n) is 7.50. The van der Waals surface area contributed by atoms with Gasteiger partial charge in [-0.25, -0.2) is 0 Å². The van der Waals surface area contributed by atoms with Crippen molar-refractivity contribution in [3.05, 3.63) is 46.5 Å². The lowest BCUT2D eigenvalue weighted by molar-refractivity contribution is 0.174. The lowest BCUT2D eigenvalue weighted by atomic mass is 9.86. The maximum absolute atomic E-state index is 6.20. The van der Waals surface area contributed by atoms with Gasteiger partial charge in [0.1, 0.15) is 0 Å². The van der Waals surface area contributed by atoms with Crippen LogP contribution in [-0.4, -0.2) is 37.3 Å². The number of fused-ring (bicyclic) bond motifs is 5. The summed E-state index contributed by atoms with van der Waals surface area (Å²) in [5.74, 6) is 3.35. The number of hydrogen-bond acceptors (Lipinski definition) is 5. The molecule has 0 saturated heterocycles. The molecule has 5 rings (SSSR count). The van der Waals surface area contributed by atoms with Gasteiger partial charge in [0.15, 0.2) is 23.0 Å². The van der Waals surface area contributed by atoms with Crippen molar-refractivity contribution >= 4 is 27.7 Å². The van der Waals surface area contributed by atoms with Crippen LogP contribution in [0.4, 0.5) is 0 Å². The van der Waals surface area contributed by atoms with Crippen molar-refractivity contribution in [2.75, 3.05) is 32.4 Å². The molecule has 3 aliphatic rings. The molecule has 0 saturated carbocycles. The number of benzene rings is 2. The monoisotopic (exact) mass is 457 g/mol. The molecule has 29 heavy (non-hydrogen) atoms. The van der Waals surface area contributed by atoms with Crippen molar-refractivity contribution in [3.63, 3.8) is 0 Å². The second kappa shape index (κ2) is 7.48. The van der Waals surface area contributed by atoms with E-state index in [0.29, 0.717) is 13.4 Å². The number of nitrogens with zero attached hydrogens (tertiary/aromatic N) is 1. The molecule has 0 spiro atoms. The summed E-state index contributed by atoms with van der Waals surface area (Å²) in [6, 6.07) is 8.60. The summed E-state index contributed by atoms with van der Waals surface area (Å²) in [5.41, 5.74) is 6.17. The third-order valence-electron chi connectivity index (χ3n) is 5.92. The van der Waals surface area contributed by atoms with Crippen LogP contribution in [-0.2, 0) is 6.42 Å². The van der Waals surface area contributed by atoms with Crippen molar-refractivity contribution in [1.29, 1.82) is 0 Å². The zero-order valence-corrected chi connectivity index (χ0v) is 18.3. The minimum absolute atomic E-state index is 0.192. The quantitative estimate of drug-likeness (QED) is 0.465. The summed E-state index contributed by atoms with van der Waals surface area (Å²) >= 11 is 3.48. The fraction of sp³-hybridized carbons (Fsp3) is 0.391. The molecule has 152 valence electrons. The number of hydrogen-bond donors (Lipinski definition) is 0. The van der Waals surface area contributed by atoms with E-state index in [9.17, 15) is 0 Å². The zero-order valence-electron chi connectivity index (χ0n) is 16.7. The third-order valence-corrected chi connectivity index (χ3v) is 6.48. The van der Waals surface area contributed by atoms with E-state index in [-0.39, 0.29) is 6.04 Å². The first-order chi connectivity index (χ1) is 14.2. The Balaban J connectivity index is 1.61. The Morgan fingerprint density at radius 1 is 1.21 bits per heavy atom. The Morgan fingerprint density at radius 3 is 2.83 bits per heavy atom. The fourth-order valence-corrected chi connectivity index (χ4v) is 4.73. The zero-order chi connectivity index (χ0) is 20.0. The van der Waals surface area contributed by atoms with E-state index < -0.39 is 0 Å². The molecule has 0 N–H and O–H groups in total. The maximum atomic E-state index is 6.20. The SMILES string of the molecule is COc1ccc2c(c1OCCCBr)[C@@H](C)N1CCc3cc4c(cc3C1=C2)OCO4. The van der Waals surface area contributed by atoms with Crippen LogP contribution < -0.4 is 18.9 Å². The molecule has 2 aromatic carbocycles. The van der Waals surface area contributed by atoms with Crippen LogP contribution in [0.15, 0.2) is 24.3 Å². The molecule has 0 aliphatic carbocycles. The topological polar surface area (TPSA) is 40.2 Å². The highest BCUT2D eigenvalue weighted by Gasteiger charge is 2.34. The molecule has 1 atom stereocenters. The van der Waals surface area contributed by atoms with Gasteiger partial charge in [0.05, 0.1) is 19.8 Å². The van der Waals surface area contributed by atoms with Gasteiger partial charge in [0, 0.05) is 28.7 Å². The molecule has 3 heterocycles. The van der Waals surface area contributed by atoms with Crippen LogP contribution in [0.2, 0.25) is 0 Å². The third kappa shape index (κ3) is 3.05. The molecule has 3 aliphatic heterocycles. The highest BCUT2D eigenvalue weighted by atomic mass is 79.9. The van der Waals surface area contributed by atoms with Gasteiger partial charge in [-0.3, -0.25) is 0 Å². The van der Waals surface area contributed by atoms with E-state index >= 15 is 0 Å². The number of rotatable bonds is 5. The van der Waals surface area contributed by atoms with Crippen LogP contribution in [0, 0.1) is 0 Å². The van der Waals surface area contributed by atoms with Crippen molar-refractivity contribution < 1.29 is 18.9 Å². The first kappa shape index (κ1) is 18.7. The number of ether oxygens (including phenoxy) is 4. The van der Waals surface area contributed by atoms with Crippen molar-refractivity contribution in [2.45, 2.75) is 25.8 Å². The molecule has 0 unspecified atom stereocenters. The molecule has 0 amide bonds. The molecule has 0 radical (unpaired) electrons. The number of methoxy groups -OCH3 is 1. The van der Waals surface area contributed by atoms with E-state index in [2.05, 4.69) is 52.0 Å². The standard InChI is InChI=1S/C23H24BrNO4/c1-14-22-16(4-5-19(26-2)23(22)27-9-3-7-24)10-18-17-12-21-20(28-13-29-21)11-15(17)6-8-25(14)18/h4-5,10-12,14H,3,6-9,13H2,1-2H3/t14-/m1/s1. The van der Waals surface area contributed by atoms with Crippen LogP contribution >= 0.6 is 15.9 Å². The van der Waals surface area contributed by atoms with Crippen molar-refractivity contribution in [1.82, 2.24) is 4.90 Å². The Morgan fingerprint density at radius 2 is 2.03 bits per heavy atom. The second-order valence-corrected chi connectivity index (χ2v) is 8.30. The molecule has 6 heteroatoms. The van der Waals surface area contributed by atoms with E-state index in [0.717, 1.165) is 47.7 Å². The maximum Gasteiger partial charge on any atom is 0.231 e. The summed E-state index contributed by atoms with van der Waals surface area (Å²) in [6.07, 6.45) is 4.20. The minimum atomic E-state index is 0.192. The van der Waals surface area contributed by atoms with Gasteiger partial charge < -0.3 is 23.8 Å². The highest BCUT2D eigenvalue weighted by molar-refractivity contribution is 9.09. The highest BCUT2D eigenvalue weighted by Crippen LogP contribution is 2.49. The van der Waals surface area contributed by atoms with Gasteiger partial charge in [-0.1, -0.05) is 22.0 Å². The van der Waals surface area contributed by atoms with E-state index in [4.69, 9.17) is 18.9 Å². The first-order valence-electron chi connectivity index (χ1n) is 10.0. The summed E-state index contributed by atoms with van der Waals surface area (Å²) in [5, 5.41) is 0.920. The van der Waals surface area contributed by atoms with Gasteiger partial charge in [-0.05, 0) is 55.2 Å². The van der Waals surface area contributed by atoms with Gasteiger partial charge in [0.2, 0.25) is 6.79 Å². The first-order valence-corrected chi connectivity index (χ1v) is 11.1. The lowest BCUT2D eigenvalue weighted by Crippen LogP contribution is -2.34. The van der Waals surface area contributed by atoms with Crippen LogP contribution in [0.1, 0.15) is 41.6 Å². The summed E-state index contributed by atoms with van der Waals surface area (Å²) in [6.45, 7) is 4.17. The lowest BCUT2D eigenvalue weighted by Gasteiger charge is -2.42. The number of alkyl halides is 1. The van der Waals surface area contributed by atoms with Crippen LogP contribution in [0.5, 0.6) is 23.0 Å². The average molecular weight is 458 g/mol. The smallest absolute Gasteiger partial charge is 0.231 e. The Bertz CT molecular complexity index is 987. The summed E-state index contributed by atoms with van der Waals surface area (Å²) in [4.78, 5) is 2.46. The molecular formula is C23H24BrNO4. The van der Waals surface area contributed by atoms with Gasteiger partial charge in [0.25, 0.3) is 0 Å². The largest absolute Gasteiger partial charge is 0.493 e. The minimum Gasteiger partial charge on any atom is -0.493 e. The molecule has 5 nitrogen and oxygen atoms in total. The Labute approximate surface area is 179 Å². The van der Waals surface area contributed by atoms with E-state index in [1.807, 2.05) is 6.07 Å². The molecule has 0 aromatic heterocycles. The molecular weight excluding hydrogens is 434 g/mol. The Hall–Kier alpha value is -2.34. The fourth-order valence-electron chi connectivity index (χ4n) is 4.50. The Kier molecular flexibility index (Phi) is 4.82. The number of halogens is 1. The molecule has 0 fully saturated rings. The van der Waals surface area contributed by atoms with Gasteiger partial charge >= 0.3 is 0 Å².